The number of anilines is 1. The van der Waals surface area contributed by atoms with Gasteiger partial charge in [0.1, 0.15) is 0 Å². The van der Waals surface area contributed by atoms with Crippen LogP contribution in [0, 0.1) is 5.92 Å². The lowest BCUT2D eigenvalue weighted by atomic mass is 9.90. The number of aliphatic hydroxyl groups excluding tert-OH is 1. The second kappa shape index (κ2) is 14.1. The summed E-state index contributed by atoms with van der Waals surface area (Å²) in [7, 11) is 0. The normalized spacial score (nSPS) is 22.5. The Hall–Kier alpha value is -4.15. The summed E-state index contributed by atoms with van der Waals surface area (Å²) in [4.78, 5) is 26.0. The van der Waals surface area contributed by atoms with Crippen LogP contribution in [-0.4, -0.2) is 64.7 Å². The quantitative estimate of drug-likeness (QED) is 0.293. The second-order valence-corrected chi connectivity index (χ2v) is 11.4. The van der Waals surface area contributed by atoms with Gasteiger partial charge in [-0.15, -0.1) is 0 Å². The summed E-state index contributed by atoms with van der Waals surface area (Å²) in [5.41, 5.74) is 4.51. The lowest BCUT2D eigenvalue weighted by Crippen LogP contribution is -2.51. The molecule has 0 bridgehead atoms. The van der Waals surface area contributed by atoms with Crippen LogP contribution in [0.25, 0.3) is 0 Å². The highest BCUT2D eigenvalue weighted by Crippen LogP contribution is 2.42. The zero-order valence-electron chi connectivity index (χ0n) is 25.0. The second-order valence-electron chi connectivity index (χ2n) is 11.4. The molecule has 4 unspecified atom stereocenters. The molecule has 2 N–H and O–H groups in total. The number of carbonyl (C=O) groups excluding carboxylic acids is 1. The largest absolute Gasteiger partial charge is 0.392 e. The van der Waals surface area contributed by atoms with Crippen molar-refractivity contribution < 1.29 is 19.4 Å². The van der Waals surface area contributed by atoms with Gasteiger partial charge in [-0.2, -0.15) is 0 Å². The van der Waals surface area contributed by atoms with Gasteiger partial charge in [0.25, 0.3) is 5.91 Å². The van der Waals surface area contributed by atoms with Gasteiger partial charge in [-0.25, -0.2) is 9.97 Å². The average molecular weight is 594 g/mol. The SMILES string of the molecule is CC1C(CN2CCN(c3ncccn3)CC2)OC(c2ccc(CNC(=O)c3ccccc3)cc2)OC1c1ccc(CO)cc1. The maximum Gasteiger partial charge on any atom is 0.251 e. The molecule has 2 saturated heterocycles. The third-order valence-corrected chi connectivity index (χ3v) is 8.51. The molecule has 44 heavy (non-hydrogen) atoms. The molecule has 9 nitrogen and oxygen atoms in total. The number of aromatic nitrogens is 2. The van der Waals surface area contributed by atoms with Crippen molar-refractivity contribution in [1.82, 2.24) is 20.2 Å². The zero-order valence-corrected chi connectivity index (χ0v) is 25.0. The first kappa shape index (κ1) is 29.9. The van der Waals surface area contributed by atoms with Crippen molar-refractivity contribution in [3.63, 3.8) is 0 Å². The van der Waals surface area contributed by atoms with Crippen LogP contribution in [-0.2, 0) is 22.6 Å². The first-order valence-electron chi connectivity index (χ1n) is 15.2. The van der Waals surface area contributed by atoms with E-state index in [4.69, 9.17) is 9.47 Å². The fraction of sp³-hybridized carbons (Fsp3) is 0.343. The number of nitrogens with one attached hydrogen (secondary N) is 1. The molecule has 2 aliphatic heterocycles. The van der Waals surface area contributed by atoms with Crippen molar-refractivity contribution in [2.24, 2.45) is 5.92 Å². The fourth-order valence-corrected chi connectivity index (χ4v) is 5.83. The number of ether oxygens (including phenoxy) is 2. The third kappa shape index (κ3) is 7.14. The van der Waals surface area contributed by atoms with E-state index in [0.717, 1.165) is 60.9 Å². The summed E-state index contributed by atoms with van der Waals surface area (Å²) in [6.45, 7) is 6.94. The smallest absolute Gasteiger partial charge is 0.251 e. The molecule has 228 valence electrons. The van der Waals surface area contributed by atoms with Crippen LogP contribution < -0.4 is 10.2 Å². The highest BCUT2D eigenvalue weighted by molar-refractivity contribution is 5.94. The molecule has 1 aromatic heterocycles. The Labute approximate surface area is 258 Å². The number of rotatable bonds is 9. The Kier molecular flexibility index (Phi) is 9.58. The van der Waals surface area contributed by atoms with E-state index >= 15 is 0 Å². The maximum atomic E-state index is 12.5. The van der Waals surface area contributed by atoms with Crippen LogP contribution in [0.4, 0.5) is 5.95 Å². The Bertz CT molecular complexity index is 1480. The van der Waals surface area contributed by atoms with E-state index < -0.39 is 6.29 Å². The molecule has 6 rings (SSSR count). The molecule has 2 aliphatic rings. The number of amides is 1. The van der Waals surface area contributed by atoms with Gasteiger partial charge in [0.15, 0.2) is 6.29 Å². The summed E-state index contributed by atoms with van der Waals surface area (Å²) >= 11 is 0. The van der Waals surface area contributed by atoms with E-state index in [1.54, 1.807) is 24.5 Å². The summed E-state index contributed by atoms with van der Waals surface area (Å²) < 4.78 is 13.3. The number of aliphatic hydroxyl groups is 1. The Morgan fingerprint density at radius 2 is 1.50 bits per heavy atom. The molecular weight excluding hydrogens is 554 g/mol. The number of hydrogen-bond donors (Lipinski definition) is 2. The van der Waals surface area contributed by atoms with Crippen molar-refractivity contribution >= 4 is 11.9 Å². The van der Waals surface area contributed by atoms with Crippen LogP contribution in [0.15, 0.2) is 97.3 Å². The summed E-state index contributed by atoms with van der Waals surface area (Å²) in [6, 6.07) is 27.1. The van der Waals surface area contributed by atoms with E-state index in [1.807, 2.05) is 72.8 Å². The van der Waals surface area contributed by atoms with Gasteiger partial charge in [-0.1, -0.05) is 73.7 Å². The zero-order chi connectivity index (χ0) is 30.3. The van der Waals surface area contributed by atoms with Crippen molar-refractivity contribution in [1.29, 1.82) is 0 Å². The van der Waals surface area contributed by atoms with Crippen LogP contribution in [0.5, 0.6) is 0 Å². The summed E-state index contributed by atoms with van der Waals surface area (Å²) in [5, 5.41) is 12.5. The van der Waals surface area contributed by atoms with Gasteiger partial charge in [-0.3, -0.25) is 9.69 Å². The van der Waals surface area contributed by atoms with Crippen molar-refractivity contribution in [3.05, 3.63) is 125 Å². The predicted octanol–water partition coefficient (Wildman–Crippen LogP) is 4.51. The minimum Gasteiger partial charge on any atom is -0.392 e. The van der Waals surface area contributed by atoms with Crippen LogP contribution in [0.2, 0.25) is 0 Å². The number of benzene rings is 3. The molecule has 3 heterocycles. The van der Waals surface area contributed by atoms with Crippen molar-refractivity contribution in [2.45, 2.75) is 38.6 Å². The van der Waals surface area contributed by atoms with Gasteiger partial charge in [0.2, 0.25) is 5.95 Å². The molecule has 0 radical (unpaired) electrons. The molecule has 9 heteroatoms. The van der Waals surface area contributed by atoms with Gasteiger partial charge >= 0.3 is 0 Å². The number of carbonyl (C=O) groups is 1. The molecule has 2 fully saturated rings. The van der Waals surface area contributed by atoms with E-state index in [9.17, 15) is 9.90 Å². The third-order valence-electron chi connectivity index (χ3n) is 8.51. The molecular formula is C35H39N5O4. The van der Waals surface area contributed by atoms with Gasteiger partial charge in [0, 0.05) is 68.7 Å². The maximum absolute atomic E-state index is 12.5. The Morgan fingerprint density at radius 1 is 0.841 bits per heavy atom. The number of hydrogen-bond acceptors (Lipinski definition) is 8. The molecule has 1 amide bonds. The highest BCUT2D eigenvalue weighted by atomic mass is 16.7. The fourth-order valence-electron chi connectivity index (χ4n) is 5.83. The number of nitrogens with zero attached hydrogens (tertiary/aromatic N) is 4. The van der Waals surface area contributed by atoms with E-state index in [0.29, 0.717) is 12.1 Å². The van der Waals surface area contributed by atoms with Crippen LogP contribution in [0.3, 0.4) is 0 Å². The van der Waals surface area contributed by atoms with E-state index in [1.165, 1.54) is 0 Å². The molecule has 0 spiro atoms. The van der Waals surface area contributed by atoms with Gasteiger partial charge < -0.3 is 24.8 Å². The topological polar surface area (TPSA) is 100 Å². The predicted molar refractivity (Wildman–Crippen MR) is 168 cm³/mol. The van der Waals surface area contributed by atoms with Crippen molar-refractivity contribution in [2.75, 3.05) is 37.6 Å². The lowest BCUT2D eigenvalue weighted by Gasteiger charge is -2.44. The molecule has 3 aromatic carbocycles. The molecule has 4 atom stereocenters. The highest BCUT2D eigenvalue weighted by Gasteiger charge is 2.39. The average Bonchev–Trinajstić information content (AvgIpc) is 3.09. The minimum absolute atomic E-state index is 0.00781. The monoisotopic (exact) mass is 593 g/mol. The molecule has 0 aliphatic carbocycles. The van der Waals surface area contributed by atoms with Gasteiger partial charge in [-0.05, 0) is 34.9 Å². The lowest BCUT2D eigenvalue weighted by molar-refractivity contribution is -0.276. The van der Waals surface area contributed by atoms with Crippen LogP contribution >= 0.6 is 0 Å². The summed E-state index contributed by atoms with van der Waals surface area (Å²) in [5.74, 6) is 0.782. The minimum atomic E-state index is -0.536. The summed E-state index contributed by atoms with van der Waals surface area (Å²) in [6.07, 6.45) is 2.81. The first-order valence-corrected chi connectivity index (χ1v) is 15.2. The van der Waals surface area contributed by atoms with Gasteiger partial charge in [0.05, 0.1) is 18.8 Å². The standard InChI is InChI=1S/C35H39N5O4/c1-25-31(23-39-18-20-40(21-19-39)35-36-16-5-17-37-35)43-34(44-32(25)28-12-10-27(24-41)11-13-28)30-14-8-26(9-15-30)22-38-33(42)29-6-3-2-4-7-29/h2-17,25,31-32,34,41H,18-24H2,1H3,(H,38,42). The number of piperazine rings is 1. The first-order chi connectivity index (χ1) is 21.6. The Morgan fingerprint density at radius 3 is 2.18 bits per heavy atom. The van der Waals surface area contributed by atoms with Crippen LogP contribution in [0.1, 0.15) is 51.9 Å². The molecule has 0 saturated carbocycles. The van der Waals surface area contributed by atoms with Crippen molar-refractivity contribution in [3.8, 4) is 0 Å². The van der Waals surface area contributed by atoms with E-state index in [2.05, 4.69) is 32.0 Å². The molecule has 4 aromatic rings. The Balaban J connectivity index is 1.14. The van der Waals surface area contributed by atoms with E-state index in [-0.39, 0.29) is 30.6 Å².